The van der Waals surface area contributed by atoms with E-state index in [2.05, 4.69) is 10.4 Å². The average Bonchev–Trinajstić information content (AvgIpc) is 2.78. The number of amides is 1. The Balaban J connectivity index is 1.97. The van der Waals surface area contributed by atoms with Gasteiger partial charge in [0.25, 0.3) is 5.91 Å². The van der Waals surface area contributed by atoms with E-state index in [1.54, 1.807) is 14.0 Å². The lowest BCUT2D eigenvalue weighted by molar-refractivity contribution is -0.119. The number of esters is 1. The number of hydrogen-bond acceptors (Lipinski definition) is 5. The quantitative estimate of drug-likeness (QED) is 0.838. The molecule has 1 heterocycles. The number of benzene rings is 1. The second-order valence-electron chi connectivity index (χ2n) is 4.81. The molecule has 24 heavy (non-hydrogen) atoms. The highest BCUT2D eigenvalue weighted by Crippen LogP contribution is 2.21. The number of aromatic nitrogens is 2. The third-order valence-electron chi connectivity index (χ3n) is 3.06. The minimum Gasteiger partial charge on any atom is -0.452 e. The maximum Gasteiger partial charge on any atom is 0.343 e. The summed E-state index contributed by atoms with van der Waals surface area (Å²) in [4.78, 5) is 23.8. The Morgan fingerprint density at radius 2 is 2.12 bits per heavy atom. The van der Waals surface area contributed by atoms with Gasteiger partial charge in [-0.05, 0) is 25.1 Å². The van der Waals surface area contributed by atoms with Gasteiger partial charge in [-0.1, -0.05) is 23.2 Å². The number of carbonyl (C=O) groups is 2. The fourth-order valence-corrected chi connectivity index (χ4v) is 2.42. The Kier molecular flexibility index (Phi) is 5.44. The molecule has 0 radical (unpaired) electrons. The molecule has 124 valence electrons. The highest BCUT2D eigenvalue weighted by Gasteiger charge is 2.21. The predicted molar refractivity (Wildman–Crippen MR) is 88.0 cm³/mol. The average molecular weight is 367 g/mol. The van der Waals surface area contributed by atoms with Crippen molar-refractivity contribution in [1.29, 1.82) is 5.26 Å². The molecule has 0 unspecified atom stereocenters. The van der Waals surface area contributed by atoms with Crippen molar-refractivity contribution >= 4 is 40.8 Å². The van der Waals surface area contributed by atoms with Gasteiger partial charge in [-0.25, -0.2) is 4.79 Å². The van der Waals surface area contributed by atoms with Gasteiger partial charge in [0.1, 0.15) is 16.8 Å². The van der Waals surface area contributed by atoms with Gasteiger partial charge in [-0.15, -0.1) is 0 Å². The number of nitriles is 1. The van der Waals surface area contributed by atoms with Crippen molar-refractivity contribution in [1.82, 2.24) is 9.78 Å². The summed E-state index contributed by atoms with van der Waals surface area (Å²) >= 11 is 11.8. The summed E-state index contributed by atoms with van der Waals surface area (Å²) in [6.07, 6.45) is 0. The molecular formula is C15H12Cl2N4O3. The number of halogens is 2. The minimum atomic E-state index is -0.737. The number of ether oxygens (including phenoxy) is 1. The normalized spacial score (nSPS) is 10.1. The Morgan fingerprint density at radius 1 is 1.42 bits per heavy atom. The second kappa shape index (κ2) is 7.34. The minimum absolute atomic E-state index is 0.119. The fraction of sp³-hybridized carbons (Fsp3) is 0.200. The number of hydrogen-bond donors (Lipinski definition) is 1. The van der Waals surface area contributed by atoms with Crippen LogP contribution in [0.4, 0.5) is 5.69 Å². The van der Waals surface area contributed by atoms with Crippen molar-refractivity contribution in [3.8, 4) is 6.07 Å². The maximum atomic E-state index is 12.0. The van der Waals surface area contributed by atoms with E-state index in [1.807, 2.05) is 6.07 Å². The van der Waals surface area contributed by atoms with Crippen LogP contribution in [-0.2, 0) is 16.6 Å². The molecule has 1 aromatic heterocycles. The van der Waals surface area contributed by atoms with Crippen LogP contribution in [0, 0.1) is 18.3 Å². The Morgan fingerprint density at radius 3 is 2.67 bits per heavy atom. The highest BCUT2D eigenvalue weighted by molar-refractivity contribution is 6.33. The molecule has 0 saturated carbocycles. The van der Waals surface area contributed by atoms with E-state index in [-0.39, 0.29) is 15.7 Å². The Hall–Kier alpha value is -2.56. The first-order valence-corrected chi connectivity index (χ1v) is 7.44. The molecule has 0 saturated heterocycles. The number of nitrogens with one attached hydrogen (secondary N) is 1. The van der Waals surface area contributed by atoms with Crippen LogP contribution in [0.2, 0.25) is 10.2 Å². The van der Waals surface area contributed by atoms with Crippen molar-refractivity contribution in [3.63, 3.8) is 0 Å². The lowest BCUT2D eigenvalue weighted by Gasteiger charge is -2.07. The van der Waals surface area contributed by atoms with Gasteiger partial charge in [-0.2, -0.15) is 10.4 Å². The molecule has 0 spiro atoms. The van der Waals surface area contributed by atoms with Gasteiger partial charge in [0, 0.05) is 12.7 Å². The summed E-state index contributed by atoms with van der Waals surface area (Å²) in [7, 11) is 1.59. The number of carbonyl (C=O) groups excluding carboxylic acids is 2. The first-order chi connectivity index (χ1) is 11.3. The van der Waals surface area contributed by atoms with Crippen LogP contribution < -0.4 is 5.32 Å². The highest BCUT2D eigenvalue weighted by atomic mass is 35.5. The van der Waals surface area contributed by atoms with Crippen LogP contribution >= 0.6 is 23.2 Å². The van der Waals surface area contributed by atoms with Gasteiger partial charge in [0.05, 0.1) is 16.3 Å². The second-order valence-corrected chi connectivity index (χ2v) is 5.57. The molecule has 0 fully saturated rings. The summed E-state index contributed by atoms with van der Waals surface area (Å²) in [5, 5.41) is 15.6. The van der Waals surface area contributed by atoms with Crippen molar-refractivity contribution in [2.75, 3.05) is 11.9 Å². The lowest BCUT2D eigenvalue weighted by Crippen LogP contribution is -2.21. The first kappa shape index (κ1) is 17.8. The zero-order valence-corrected chi connectivity index (χ0v) is 14.3. The van der Waals surface area contributed by atoms with Crippen molar-refractivity contribution in [2.24, 2.45) is 7.05 Å². The van der Waals surface area contributed by atoms with Crippen LogP contribution in [0.25, 0.3) is 0 Å². The lowest BCUT2D eigenvalue weighted by atomic mass is 10.2. The molecular weight excluding hydrogens is 355 g/mol. The molecule has 0 aliphatic rings. The SMILES string of the molecule is Cc1nn(C)c(Cl)c1C(=O)OCC(=O)Nc1ccc(C#N)c(Cl)c1. The number of nitrogens with zero attached hydrogens (tertiary/aromatic N) is 3. The smallest absolute Gasteiger partial charge is 0.343 e. The topological polar surface area (TPSA) is 97.0 Å². The standard InChI is InChI=1S/C15H12Cl2N4O3/c1-8-13(14(17)21(2)20-8)15(23)24-7-12(22)19-10-4-3-9(6-18)11(16)5-10/h3-5H,7H2,1-2H3,(H,19,22). The van der Waals surface area contributed by atoms with Crippen molar-refractivity contribution < 1.29 is 14.3 Å². The molecule has 0 atom stereocenters. The Labute approximate surface area is 147 Å². The summed E-state index contributed by atoms with van der Waals surface area (Å²) < 4.78 is 6.28. The number of rotatable bonds is 4. The van der Waals surface area contributed by atoms with E-state index in [1.165, 1.54) is 22.9 Å². The summed E-state index contributed by atoms with van der Waals surface area (Å²) in [5.74, 6) is -1.29. The van der Waals surface area contributed by atoms with Crippen molar-refractivity contribution in [3.05, 3.63) is 45.2 Å². The predicted octanol–water partition coefficient (Wildman–Crippen LogP) is 2.70. The fourth-order valence-electron chi connectivity index (χ4n) is 1.95. The Bertz CT molecular complexity index is 855. The number of aryl methyl sites for hydroxylation is 2. The van der Waals surface area contributed by atoms with Crippen LogP contribution in [-0.4, -0.2) is 28.3 Å². The molecule has 0 aliphatic carbocycles. The molecule has 7 nitrogen and oxygen atoms in total. The van der Waals surface area contributed by atoms with E-state index >= 15 is 0 Å². The third kappa shape index (κ3) is 3.85. The first-order valence-electron chi connectivity index (χ1n) is 6.69. The zero-order chi connectivity index (χ0) is 17.9. The van der Waals surface area contributed by atoms with Gasteiger partial charge in [0.2, 0.25) is 0 Å². The van der Waals surface area contributed by atoms with Gasteiger partial charge in [0.15, 0.2) is 6.61 Å². The molecule has 1 amide bonds. The summed E-state index contributed by atoms with van der Waals surface area (Å²) in [6, 6.07) is 6.34. The van der Waals surface area contributed by atoms with E-state index in [0.29, 0.717) is 16.9 Å². The number of anilines is 1. The van der Waals surface area contributed by atoms with E-state index in [0.717, 1.165) is 0 Å². The van der Waals surface area contributed by atoms with E-state index in [9.17, 15) is 9.59 Å². The maximum absolute atomic E-state index is 12.0. The van der Waals surface area contributed by atoms with Crippen LogP contribution in [0.1, 0.15) is 21.6 Å². The summed E-state index contributed by atoms with van der Waals surface area (Å²) in [5.41, 5.74) is 1.21. The van der Waals surface area contributed by atoms with Crippen molar-refractivity contribution in [2.45, 2.75) is 6.92 Å². The molecule has 0 bridgehead atoms. The molecule has 2 rings (SSSR count). The molecule has 1 N–H and O–H groups in total. The molecule has 2 aromatic rings. The molecule has 0 aliphatic heterocycles. The molecule has 9 heteroatoms. The van der Waals surface area contributed by atoms with Gasteiger partial charge < -0.3 is 10.1 Å². The van der Waals surface area contributed by atoms with E-state index in [4.69, 9.17) is 33.2 Å². The molecule has 1 aromatic carbocycles. The summed E-state index contributed by atoms with van der Waals surface area (Å²) in [6.45, 7) is 1.11. The largest absolute Gasteiger partial charge is 0.452 e. The van der Waals surface area contributed by atoms with Crippen LogP contribution in [0.5, 0.6) is 0 Å². The van der Waals surface area contributed by atoms with Gasteiger partial charge >= 0.3 is 5.97 Å². The third-order valence-corrected chi connectivity index (χ3v) is 3.81. The van der Waals surface area contributed by atoms with Gasteiger partial charge in [-0.3, -0.25) is 9.48 Å². The van der Waals surface area contributed by atoms with E-state index < -0.39 is 18.5 Å². The monoisotopic (exact) mass is 366 g/mol. The van der Waals surface area contributed by atoms with Crippen LogP contribution in [0.15, 0.2) is 18.2 Å². The van der Waals surface area contributed by atoms with Crippen LogP contribution in [0.3, 0.4) is 0 Å². The zero-order valence-electron chi connectivity index (χ0n) is 12.8.